The Morgan fingerprint density at radius 3 is 1.35 bits per heavy atom. The lowest BCUT2D eigenvalue weighted by Gasteiger charge is -2.25. The molecule has 0 radical (unpaired) electrons. The first-order valence-electron chi connectivity index (χ1n) is 36.6. The maximum atomic E-state index is 12.8. The summed E-state index contributed by atoms with van der Waals surface area (Å²) in [6, 6.07) is 38.2. The second-order valence-electron chi connectivity index (χ2n) is 28.9. The predicted molar refractivity (Wildman–Crippen MR) is 443 cm³/mol. The Labute approximate surface area is 665 Å². The number of ketones is 4. The van der Waals surface area contributed by atoms with E-state index in [9.17, 15) is 39.8 Å². The number of nitrogen functional groups attached to an aromatic ring is 1. The van der Waals surface area contributed by atoms with Crippen LogP contribution in [-0.2, 0) is 62.4 Å². The fourth-order valence-corrected chi connectivity index (χ4v) is 17.0. The number of halogens is 5. The predicted octanol–water partition coefficient (Wildman–Crippen LogP) is 19.5. The van der Waals surface area contributed by atoms with E-state index in [4.69, 9.17) is 69.0 Å². The van der Waals surface area contributed by atoms with E-state index < -0.39 is 16.2 Å². The van der Waals surface area contributed by atoms with Gasteiger partial charge in [-0.3, -0.25) is 24.0 Å². The van der Waals surface area contributed by atoms with Crippen LogP contribution in [0.5, 0.6) is 0 Å². The van der Waals surface area contributed by atoms with Gasteiger partial charge >= 0.3 is 0 Å². The number of anilines is 8. The summed E-state index contributed by atoms with van der Waals surface area (Å²) in [4.78, 5) is 72.5. The first-order chi connectivity index (χ1) is 52.5. The number of imidazole rings is 2. The molecule has 5 aliphatic rings. The molecule has 4 saturated carbocycles. The quantitative estimate of drug-likeness (QED) is 0.0626. The molecular weight excluding hydrogens is 1490 g/mol. The van der Waals surface area contributed by atoms with Crippen molar-refractivity contribution in [2.45, 2.75) is 154 Å². The molecule has 110 heavy (non-hydrogen) atoms. The van der Waals surface area contributed by atoms with E-state index in [1.54, 1.807) is 67.2 Å². The number of H-pyrrole nitrogens is 1. The van der Waals surface area contributed by atoms with E-state index in [0.717, 1.165) is 138 Å². The van der Waals surface area contributed by atoms with Gasteiger partial charge in [-0.1, -0.05) is 113 Å². The minimum atomic E-state index is -0.622. The van der Waals surface area contributed by atoms with E-state index in [1.165, 1.54) is 5.56 Å². The van der Waals surface area contributed by atoms with Crippen molar-refractivity contribution in [1.29, 1.82) is 21.0 Å². The zero-order valence-electron chi connectivity index (χ0n) is 63.5. The molecule has 10 aromatic rings. The number of benzene rings is 7. The van der Waals surface area contributed by atoms with Gasteiger partial charge in [-0.15, -0.1) is 0 Å². The summed E-state index contributed by atoms with van der Waals surface area (Å²) in [6.45, 7) is 11.7. The number of para-hydroxylation sites is 2. The number of carbonyl (C=O) groups excluding carboxylic acids is 4. The fourth-order valence-electron chi connectivity index (χ4n) is 15.8. The van der Waals surface area contributed by atoms with Crippen LogP contribution >= 0.6 is 58.0 Å². The van der Waals surface area contributed by atoms with E-state index in [0.29, 0.717) is 129 Å². The third-order valence-electron chi connectivity index (χ3n) is 22.2. The molecule has 3 heterocycles. The van der Waals surface area contributed by atoms with Crippen LogP contribution in [-0.4, -0.2) is 68.4 Å². The SMILES string of the molecule is CC1CCCC1=O.CNc1c(C)ccc(C2(C)CCCC2=O)c1C#N.CNc1c(C)ccc(Cl)c1C#N.CNc1c(N)ccc(C2(C)CCCC2=O)c1C#N.Cn1c(Nc2c(Cl)cccc2Cl)nc2ccc(C3(C)CCCC3=O)c(C#N)c21.Cn1c(Nc2c(Cl)cccc2Cl)nc2ccc3c4c([nH]c(=O)c3c21)CCC4. The summed E-state index contributed by atoms with van der Waals surface area (Å²) < 4.78 is 3.69. The summed E-state index contributed by atoms with van der Waals surface area (Å²) in [5.41, 5.74) is 20.0. The monoisotopic (exact) mass is 1570 g/mol. The van der Waals surface area contributed by atoms with Gasteiger partial charge in [0.05, 0.1) is 125 Å². The number of Topliss-reactive ketones (excluding diaryl/α,β-unsaturated/α-hetero) is 4. The number of pyridine rings is 1. The molecule has 0 bridgehead atoms. The van der Waals surface area contributed by atoms with Gasteiger partial charge in [0, 0.05) is 72.5 Å². The Kier molecular flexibility index (Phi) is 25.9. The van der Waals surface area contributed by atoms with Gasteiger partial charge in [-0.05, 0) is 193 Å². The number of rotatable bonds is 10. The number of hydrogen-bond acceptors (Lipinski definition) is 17. The Morgan fingerprint density at radius 2 is 0.918 bits per heavy atom. The molecule has 25 heteroatoms. The van der Waals surface area contributed by atoms with Gasteiger partial charge in [0.15, 0.2) is 0 Å². The van der Waals surface area contributed by atoms with Crippen LogP contribution in [0.15, 0.2) is 102 Å². The van der Waals surface area contributed by atoms with Gasteiger partial charge in [-0.2, -0.15) is 21.0 Å². The summed E-state index contributed by atoms with van der Waals surface area (Å²) in [7, 11) is 9.03. The second kappa shape index (κ2) is 34.7. The number of aromatic amines is 1. The lowest BCUT2D eigenvalue weighted by Crippen LogP contribution is -2.28. The molecule has 568 valence electrons. The zero-order chi connectivity index (χ0) is 79.8. The highest BCUT2D eigenvalue weighted by molar-refractivity contribution is 6.40. The zero-order valence-corrected chi connectivity index (χ0v) is 67.3. The molecule has 0 spiro atoms. The smallest absolute Gasteiger partial charge is 0.258 e. The molecule has 7 aromatic carbocycles. The van der Waals surface area contributed by atoms with Crippen LogP contribution in [0.1, 0.15) is 172 Å². The van der Waals surface area contributed by atoms with Crippen LogP contribution in [0.3, 0.4) is 0 Å². The minimum absolute atomic E-state index is 0.0680. The van der Waals surface area contributed by atoms with Gasteiger partial charge in [0.1, 0.15) is 47.4 Å². The van der Waals surface area contributed by atoms with E-state index in [-0.39, 0.29) is 22.9 Å². The molecule has 4 fully saturated rings. The van der Waals surface area contributed by atoms with Gasteiger partial charge < -0.3 is 46.4 Å². The maximum Gasteiger partial charge on any atom is 0.258 e. The highest BCUT2D eigenvalue weighted by Crippen LogP contribution is 2.46. The van der Waals surface area contributed by atoms with Gasteiger partial charge in [-0.25, -0.2) is 9.97 Å². The molecule has 5 aliphatic carbocycles. The number of nitrogens with zero attached hydrogens (tertiary/aromatic N) is 8. The number of aryl methyl sites for hydroxylation is 6. The summed E-state index contributed by atoms with van der Waals surface area (Å²) in [5, 5.41) is 57.0. The Balaban J connectivity index is 0.000000147. The lowest BCUT2D eigenvalue weighted by molar-refractivity contribution is -0.122. The number of hydrogen-bond donors (Lipinski definition) is 7. The number of fused-ring (bicyclic) bond motifs is 6. The number of nitrogens with one attached hydrogen (secondary N) is 6. The van der Waals surface area contributed by atoms with Crippen molar-refractivity contribution in [2.24, 2.45) is 20.0 Å². The third kappa shape index (κ3) is 16.1. The first kappa shape index (κ1) is 82.1. The molecule has 15 rings (SSSR count). The second-order valence-corrected chi connectivity index (χ2v) is 31.0. The topological polar surface area (TPSA) is 318 Å². The average Bonchev–Trinajstić information content (AvgIpc) is 1.58. The fraction of sp³-hybridized carbons (Fsp3) is 0.353. The highest BCUT2D eigenvalue weighted by Gasteiger charge is 2.44. The van der Waals surface area contributed by atoms with Crippen LogP contribution < -0.4 is 37.9 Å². The molecule has 0 saturated heterocycles. The number of nitriles is 4. The van der Waals surface area contributed by atoms with Crippen molar-refractivity contribution in [3.8, 4) is 24.3 Å². The molecule has 8 N–H and O–H groups in total. The molecule has 4 atom stereocenters. The van der Waals surface area contributed by atoms with E-state index >= 15 is 0 Å². The summed E-state index contributed by atoms with van der Waals surface area (Å²) >= 11 is 30.9. The number of nitrogens with two attached hydrogens (primary N) is 1. The van der Waals surface area contributed by atoms with Gasteiger partial charge in [0.2, 0.25) is 11.9 Å². The Bertz CT molecular complexity index is 5420. The van der Waals surface area contributed by atoms with Crippen molar-refractivity contribution in [3.63, 3.8) is 0 Å². The molecule has 0 amide bonds. The van der Waals surface area contributed by atoms with E-state index in [1.807, 2.05) is 116 Å². The molecule has 20 nitrogen and oxygen atoms in total. The van der Waals surface area contributed by atoms with Gasteiger partial charge in [0.25, 0.3) is 5.56 Å². The molecule has 0 aliphatic heterocycles. The number of carbonyl (C=O) groups is 4. The van der Waals surface area contributed by atoms with Crippen molar-refractivity contribution in [2.75, 3.05) is 53.5 Å². The Hall–Kier alpha value is -10.4. The Morgan fingerprint density at radius 1 is 0.491 bits per heavy atom. The van der Waals surface area contributed by atoms with Crippen molar-refractivity contribution in [1.82, 2.24) is 24.1 Å². The van der Waals surface area contributed by atoms with Crippen LogP contribution in [0.2, 0.25) is 25.1 Å². The van der Waals surface area contributed by atoms with Crippen LogP contribution in [0.25, 0.3) is 32.8 Å². The molecule has 3 aromatic heterocycles. The molecule has 4 unspecified atom stereocenters. The first-order valence-corrected chi connectivity index (χ1v) is 38.5. The average molecular weight is 1580 g/mol. The van der Waals surface area contributed by atoms with E-state index in [2.05, 4.69) is 65.8 Å². The lowest BCUT2D eigenvalue weighted by atomic mass is 9.77. The van der Waals surface area contributed by atoms with Crippen molar-refractivity contribution >= 4 is 160 Å². The standard InChI is InChI=1S/C21H18Cl2N4O.C20H16Cl2N4O.C15H18N2O.C14H17N3O.C9H9ClN2.C6H10O/c1-21(10-4-7-17(21)28)13-8-9-16-19(12(13)11-24)27(2)20(25-16)26-18-14(22)5-3-6-15(18)23;1-26-18-15(24-20(26)25-17-12(21)5-3-6-13(17)22)9-8-11-10-4-2-7-14(10)23-19(27)16(11)18;1-10-6-7-12(11(9-16)14(10)17-3)15(2)8-4-5-13(15)18;1-14(7-3-4-12(14)18)10-5-6-11(16)13(17-2)9(10)8-15;1-6-3-4-8(10)7(5-11)9(6)12-2;1-5-3-2-4-6(5)7/h3,5-6,8-9H,4,7,10H2,1-2H3,(H,25,26);3,5-6,8-9H,2,4,7H2,1H3,(H,23,27)(H,24,25);6-7,17H,4-5,8H2,1-3H3;5-6,17H,3-4,7,16H2,1-2H3;3-4,12H,1-2H3;5H,2-4H2,1H3. The normalized spacial score (nSPS) is 18.7. The molecular formula is C85H88Cl5N15O5. The van der Waals surface area contributed by atoms with Crippen molar-refractivity contribution in [3.05, 3.63) is 194 Å². The maximum absolute atomic E-state index is 12.8. The van der Waals surface area contributed by atoms with Crippen LogP contribution in [0, 0.1) is 65.1 Å². The third-order valence-corrected chi connectivity index (χ3v) is 23.8. The van der Waals surface area contributed by atoms with Crippen molar-refractivity contribution < 1.29 is 19.2 Å². The number of aromatic nitrogens is 5. The summed E-state index contributed by atoms with van der Waals surface area (Å²) in [5.74, 6) is 2.58. The minimum Gasteiger partial charge on any atom is -0.397 e. The van der Waals surface area contributed by atoms with Crippen LogP contribution in [0.4, 0.5) is 46.0 Å². The highest BCUT2D eigenvalue weighted by atomic mass is 35.5. The summed E-state index contributed by atoms with van der Waals surface area (Å²) in [6.07, 6.45) is 12.9. The largest absolute Gasteiger partial charge is 0.397 e.